The first-order chi connectivity index (χ1) is 11.3. The highest BCUT2D eigenvalue weighted by molar-refractivity contribution is 7.89. The molecular formula is C17H18FNO4S. The summed E-state index contributed by atoms with van der Waals surface area (Å²) in [5.74, 6) is -1.11. The van der Waals surface area contributed by atoms with Crippen molar-refractivity contribution in [2.45, 2.75) is 24.8 Å². The molecule has 128 valence electrons. The fourth-order valence-corrected chi connectivity index (χ4v) is 2.96. The van der Waals surface area contributed by atoms with Crippen LogP contribution in [0.4, 0.5) is 4.39 Å². The minimum Gasteiger partial charge on any atom is -0.457 e. The summed E-state index contributed by atoms with van der Waals surface area (Å²) >= 11 is 0. The molecule has 0 bridgehead atoms. The van der Waals surface area contributed by atoms with Crippen molar-refractivity contribution in [2.24, 2.45) is 0 Å². The van der Waals surface area contributed by atoms with E-state index in [1.807, 2.05) is 6.92 Å². The fourth-order valence-electron chi connectivity index (χ4n) is 2.00. The molecule has 0 fully saturated rings. The van der Waals surface area contributed by atoms with Crippen molar-refractivity contribution in [1.82, 2.24) is 4.72 Å². The largest absolute Gasteiger partial charge is 0.457 e. The van der Waals surface area contributed by atoms with Gasteiger partial charge in [-0.15, -0.1) is 0 Å². The number of ether oxygens (including phenoxy) is 1. The van der Waals surface area contributed by atoms with Crippen molar-refractivity contribution in [3.05, 3.63) is 65.5 Å². The predicted molar refractivity (Wildman–Crippen MR) is 87.3 cm³/mol. The van der Waals surface area contributed by atoms with Gasteiger partial charge in [0.25, 0.3) is 0 Å². The first kappa shape index (κ1) is 18.1. The van der Waals surface area contributed by atoms with Gasteiger partial charge in [0, 0.05) is 0 Å². The average Bonchev–Trinajstić information content (AvgIpc) is 2.54. The van der Waals surface area contributed by atoms with Crippen molar-refractivity contribution in [1.29, 1.82) is 0 Å². The monoisotopic (exact) mass is 351 g/mol. The molecule has 0 spiro atoms. The summed E-state index contributed by atoms with van der Waals surface area (Å²) in [5, 5.41) is 0. The van der Waals surface area contributed by atoms with Gasteiger partial charge < -0.3 is 4.74 Å². The average molecular weight is 351 g/mol. The lowest BCUT2D eigenvalue weighted by Crippen LogP contribution is -2.31. The SMILES string of the molecule is Cc1ccc(S(=O)(=O)NCC(=O)O[C@H](C)c2ccc(F)cc2)cc1. The number of hydrogen-bond acceptors (Lipinski definition) is 4. The van der Waals surface area contributed by atoms with Crippen LogP contribution in [0.1, 0.15) is 24.2 Å². The van der Waals surface area contributed by atoms with Crippen LogP contribution < -0.4 is 4.72 Å². The second-order valence-electron chi connectivity index (χ2n) is 5.32. The molecule has 0 radical (unpaired) electrons. The Morgan fingerprint density at radius 1 is 1.12 bits per heavy atom. The van der Waals surface area contributed by atoms with Gasteiger partial charge in [0.15, 0.2) is 0 Å². The van der Waals surface area contributed by atoms with E-state index in [0.29, 0.717) is 5.56 Å². The lowest BCUT2D eigenvalue weighted by Gasteiger charge is -2.14. The third kappa shape index (κ3) is 4.87. The summed E-state index contributed by atoms with van der Waals surface area (Å²) in [6, 6.07) is 11.8. The molecule has 1 atom stereocenters. The lowest BCUT2D eigenvalue weighted by molar-refractivity contribution is -0.147. The molecule has 7 heteroatoms. The van der Waals surface area contributed by atoms with Crippen molar-refractivity contribution >= 4 is 16.0 Å². The van der Waals surface area contributed by atoms with Crippen LogP contribution >= 0.6 is 0 Å². The summed E-state index contributed by atoms with van der Waals surface area (Å²) in [6.07, 6.45) is -0.609. The fraction of sp³-hybridized carbons (Fsp3) is 0.235. The molecule has 24 heavy (non-hydrogen) atoms. The molecule has 0 aromatic heterocycles. The highest BCUT2D eigenvalue weighted by Gasteiger charge is 2.17. The van der Waals surface area contributed by atoms with Gasteiger partial charge in [-0.2, -0.15) is 4.72 Å². The molecule has 0 aliphatic rings. The van der Waals surface area contributed by atoms with Gasteiger partial charge in [0.05, 0.1) is 4.90 Å². The number of sulfonamides is 1. The molecule has 2 rings (SSSR count). The zero-order valence-electron chi connectivity index (χ0n) is 13.3. The van der Waals surface area contributed by atoms with Crippen LogP contribution in [-0.4, -0.2) is 20.9 Å². The molecular weight excluding hydrogens is 333 g/mol. The second-order valence-corrected chi connectivity index (χ2v) is 7.09. The van der Waals surface area contributed by atoms with E-state index in [0.717, 1.165) is 5.56 Å². The van der Waals surface area contributed by atoms with E-state index in [1.54, 1.807) is 19.1 Å². The van der Waals surface area contributed by atoms with E-state index in [9.17, 15) is 17.6 Å². The number of nitrogens with one attached hydrogen (secondary N) is 1. The van der Waals surface area contributed by atoms with Gasteiger partial charge >= 0.3 is 5.97 Å². The number of benzene rings is 2. The third-order valence-corrected chi connectivity index (χ3v) is 4.80. The topological polar surface area (TPSA) is 72.5 Å². The van der Waals surface area contributed by atoms with E-state index in [2.05, 4.69) is 4.72 Å². The summed E-state index contributed by atoms with van der Waals surface area (Å²) < 4.78 is 44.4. The first-order valence-corrected chi connectivity index (χ1v) is 8.77. The Hall–Kier alpha value is -2.25. The molecule has 0 aliphatic heterocycles. The van der Waals surface area contributed by atoms with Gasteiger partial charge in [0.1, 0.15) is 18.5 Å². The van der Waals surface area contributed by atoms with Crippen LogP contribution in [0.25, 0.3) is 0 Å². The maximum atomic E-state index is 12.9. The molecule has 0 heterocycles. The number of esters is 1. The maximum absolute atomic E-state index is 12.9. The highest BCUT2D eigenvalue weighted by Crippen LogP contribution is 2.17. The zero-order valence-corrected chi connectivity index (χ0v) is 14.1. The molecule has 2 aromatic rings. The Bertz CT molecular complexity index is 801. The van der Waals surface area contributed by atoms with Gasteiger partial charge in [-0.25, -0.2) is 12.8 Å². The molecule has 0 unspecified atom stereocenters. The number of hydrogen-bond donors (Lipinski definition) is 1. The number of carbonyl (C=O) groups excluding carboxylic acids is 1. The summed E-state index contributed by atoms with van der Waals surface area (Å²) in [4.78, 5) is 11.9. The van der Waals surface area contributed by atoms with Crippen molar-refractivity contribution in [3.63, 3.8) is 0 Å². The molecule has 5 nitrogen and oxygen atoms in total. The van der Waals surface area contributed by atoms with E-state index in [-0.39, 0.29) is 10.7 Å². The van der Waals surface area contributed by atoms with Gasteiger partial charge in [-0.05, 0) is 43.7 Å². The zero-order chi connectivity index (χ0) is 17.7. The normalized spacial score (nSPS) is 12.6. The van der Waals surface area contributed by atoms with Crippen LogP contribution in [-0.2, 0) is 19.6 Å². The number of aryl methyl sites for hydroxylation is 1. The predicted octanol–water partition coefficient (Wildman–Crippen LogP) is 2.72. The summed E-state index contributed by atoms with van der Waals surface area (Å²) in [6.45, 7) is 2.99. The molecule has 1 N–H and O–H groups in total. The molecule has 0 saturated carbocycles. The van der Waals surface area contributed by atoms with E-state index in [1.165, 1.54) is 36.4 Å². The van der Waals surface area contributed by atoms with E-state index >= 15 is 0 Å². The van der Waals surface area contributed by atoms with Gasteiger partial charge in [0.2, 0.25) is 10.0 Å². The Labute approximate surface area is 140 Å². The van der Waals surface area contributed by atoms with Gasteiger partial charge in [-0.3, -0.25) is 4.79 Å². The Morgan fingerprint density at radius 3 is 2.29 bits per heavy atom. The quantitative estimate of drug-likeness (QED) is 0.812. The molecule has 0 aliphatic carbocycles. The van der Waals surface area contributed by atoms with E-state index < -0.39 is 28.6 Å². The third-order valence-electron chi connectivity index (χ3n) is 3.39. The first-order valence-electron chi connectivity index (χ1n) is 7.29. The van der Waals surface area contributed by atoms with Crippen molar-refractivity contribution in [2.75, 3.05) is 6.54 Å². The Kier molecular flexibility index (Phi) is 5.69. The van der Waals surface area contributed by atoms with Gasteiger partial charge in [-0.1, -0.05) is 29.8 Å². The van der Waals surface area contributed by atoms with Crippen LogP contribution in [0.2, 0.25) is 0 Å². The highest BCUT2D eigenvalue weighted by atomic mass is 32.2. The molecule has 2 aromatic carbocycles. The van der Waals surface area contributed by atoms with Crippen LogP contribution in [0, 0.1) is 12.7 Å². The minimum absolute atomic E-state index is 0.0764. The van der Waals surface area contributed by atoms with Crippen LogP contribution in [0.3, 0.4) is 0 Å². The van der Waals surface area contributed by atoms with Crippen molar-refractivity contribution in [3.8, 4) is 0 Å². The minimum atomic E-state index is -3.78. The van der Waals surface area contributed by atoms with E-state index in [4.69, 9.17) is 4.74 Å². The smallest absolute Gasteiger partial charge is 0.321 e. The maximum Gasteiger partial charge on any atom is 0.321 e. The molecule has 0 amide bonds. The summed E-state index contributed by atoms with van der Waals surface area (Å²) in [7, 11) is -3.78. The number of carbonyl (C=O) groups is 1. The number of halogens is 1. The standard InChI is InChI=1S/C17H18FNO4S/c1-12-3-9-16(10-4-12)24(21,22)19-11-17(20)23-13(2)14-5-7-15(18)8-6-14/h3-10,13,19H,11H2,1-2H3/t13-/m1/s1. The lowest BCUT2D eigenvalue weighted by atomic mass is 10.1. The Morgan fingerprint density at radius 2 is 1.71 bits per heavy atom. The summed E-state index contributed by atoms with van der Waals surface area (Å²) in [5.41, 5.74) is 1.55. The van der Waals surface area contributed by atoms with Crippen LogP contribution in [0.5, 0.6) is 0 Å². The Balaban J connectivity index is 1.92. The number of rotatable bonds is 6. The molecule has 0 saturated heterocycles. The van der Waals surface area contributed by atoms with Crippen LogP contribution in [0.15, 0.2) is 53.4 Å². The second kappa shape index (κ2) is 7.55. The van der Waals surface area contributed by atoms with Crippen molar-refractivity contribution < 1.29 is 22.3 Å².